The molecule has 0 saturated carbocycles. The number of piperidine rings is 1. The first-order valence-corrected chi connectivity index (χ1v) is 9.85. The highest BCUT2D eigenvalue weighted by atomic mass is 35.5. The van der Waals surface area contributed by atoms with Crippen molar-refractivity contribution in [2.45, 2.75) is 30.5 Å². The molecule has 2 rings (SSSR count). The van der Waals surface area contributed by atoms with Gasteiger partial charge in [-0.15, -0.1) is 25.6 Å². The maximum atomic E-state index is 12.9. The summed E-state index contributed by atoms with van der Waals surface area (Å²) in [5.74, 6) is -1.04. The smallest absolute Gasteiger partial charge is 0.405 e. The molecule has 154 valence electrons. The Balaban J connectivity index is 0.00000364. The number of ether oxygens (including phenoxy) is 1. The summed E-state index contributed by atoms with van der Waals surface area (Å²) in [5.41, 5.74) is 0.137. The van der Waals surface area contributed by atoms with Crippen LogP contribution in [-0.4, -0.2) is 56.7 Å². The van der Waals surface area contributed by atoms with E-state index in [2.05, 4.69) is 10.1 Å². The Morgan fingerprint density at radius 1 is 1.26 bits per heavy atom. The summed E-state index contributed by atoms with van der Waals surface area (Å²) in [6.07, 6.45) is -3.60. The Morgan fingerprint density at radius 3 is 2.33 bits per heavy atom. The summed E-state index contributed by atoms with van der Waals surface area (Å²) in [6.45, 7) is 0.552. The van der Waals surface area contributed by atoms with Gasteiger partial charge < -0.3 is 15.0 Å². The average Bonchev–Trinajstić information content (AvgIpc) is 2.54. The van der Waals surface area contributed by atoms with Crippen LogP contribution < -0.4 is 10.1 Å². The zero-order chi connectivity index (χ0) is 19.6. The third-order valence-corrected chi connectivity index (χ3v) is 6.47. The largest absolute Gasteiger partial charge is 0.573 e. The third kappa shape index (κ3) is 5.49. The molecule has 0 bridgehead atoms. The molecule has 0 aliphatic carbocycles. The number of rotatable bonds is 5. The Hall–Kier alpha value is -1.52. The molecule has 0 atom stereocenters. The van der Waals surface area contributed by atoms with Crippen LogP contribution in [0.5, 0.6) is 5.75 Å². The van der Waals surface area contributed by atoms with E-state index in [0.717, 1.165) is 17.2 Å². The number of nitrogens with one attached hydrogen (secondary N) is 1. The van der Waals surface area contributed by atoms with Crippen molar-refractivity contribution >= 4 is 28.2 Å². The number of carbonyl (C=O) groups excluding carboxylic acids is 1. The number of hydrogen-bond donors (Lipinski definition) is 1. The predicted octanol–water partition coefficient (Wildman–Crippen LogP) is 2.13. The summed E-state index contributed by atoms with van der Waals surface area (Å²) >= 11 is 0. The molecule has 11 heteroatoms. The normalized spacial score (nSPS) is 16.9. The van der Waals surface area contributed by atoms with Gasteiger partial charge in [-0.1, -0.05) is 18.2 Å². The van der Waals surface area contributed by atoms with Gasteiger partial charge in [0, 0.05) is 25.4 Å². The molecule has 27 heavy (non-hydrogen) atoms. The highest BCUT2D eigenvalue weighted by Gasteiger charge is 2.50. The van der Waals surface area contributed by atoms with Gasteiger partial charge in [-0.3, -0.25) is 4.79 Å². The highest BCUT2D eigenvalue weighted by molar-refractivity contribution is 7.92. The minimum atomic E-state index is -4.86. The molecule has 1 aliphatic heterocycles. The van der Waals surface area contributed by atoms with Crippen molar-refractivity contribution in [1.29, 1.82) is 0 Å². The molecular formula is C16H22ClF3N2O4S. The molecule has 1 amide bonds. The van der Waals surface area contributed by atoms with E-state index in [9.17, 15) is 26.4 Å². The number of carbonyl (C=O) groups is 1. The monoisotopic (exact) mass is 430 g/mol. The molecule has 0 unspecified atom stereocenters. The lowest BCUT2D eigenvalue weighted by molar-refractivity contribution is -0.275. The number of nitrogens with zero attached hydrogens (tertiary/aromatic N) is 1. The molecular weight excluding hydrogens is 409 g/mol. The van der Waals surface area contributed by atoms with Gasteiger partial charge >= 0.3 is 6.36 Å². The number of benzene rings is 1. The van der Waals surface area contributed by atoms with Gasteiger partial charge in [0.15, 0.2) is 14.6 Å². The van der Waals surface area contributed by atoms with Crippen molar-refractivity contribution in [2.75, 3.05) is 26.4 Å². The second kappa shape index (κ2) is 8.66. The second-order valence-electron chi connectivity index (χ2n) is 6.33. The van der Waals surface area contributed by atoms with E-state index in [1.807, 2.05) is 0 Å². The zero-order valence-corrected chi connectivity index (χ0v) is 16.5. The molecule has 1 heterocycles. The number of alkyl halides is 3. The fourth-order valence-electron chi connectivity index (χ4n) is 3.11. The van der Waals surface area contributed by atoms with E-state index in [4.69, 9.17) is 0 Å². The first-order valence-electron chi connectivity index (χ1n) is 7.96. The lowest BCUT2D eigenvalue weighted by Gasteiger charge is -2.37. The Labute approximate surface area is 162 Å². The van der Waals surface area contributed by atoms with Gasteiger partial charge in [0.05, 0.1) is 0 Å². The molecule has 1 aromatic carbocycles. The summed E-state index contributed by atoms with van der Waals surface area (Å²) in [6, 6.07) is 5.46. The van der Waals surface area contributed by atoms with E-state index < -0.39 is 32.6 Å². The van der Waals surface area contributed by atoms with Crippen LogP contribution in [0.1, 0.15) is 18.4 Å². The maximum absolute atomic E-state index is 12.9. The van der Waals surface area contributed by atoms with Crippen molar-refractivity contribution in [2.24, 2.45) is 0 Å². The number of hydrogen-bond acceptors (Lipinski definition) is 5. The standard InChI is InChI=1S/C16H21F3N2O4S.ClH/c1-21(11-12-5-3-4-6-13(12)25-16(17,18)19)14(22)15(26(2,23)24)7-9-20-10-8-15;/h3-6,20H,7-11H2,1-2H3;1H. The molecule has 0 aromatic heterocycles. The first-order chi connectivity index (χ1) is 12.0. The summed E-state index contributed by atoms with van der Waals surface area (Å²) in [5, 5.41) is 3.01. The molecule has 1 saturated heterocycles. The molecule has 1 aliphatic rings. The van der Waals surface area contributed by atoms with Crippen molar-refractivity contribution in [3.05, 3.63) is 29.8 Å². The Kier molecular flexibility index (Phi) is 7.54. The van der Waals surface area contributed by atoms with Crippen LogP contribution in [0.15, 0.2) is 24.3 Å². The number of sulfone groups is 1. The molecule has 1 fully saturated rings. The van der Waals surface area contributed by atoms with Crippen molar-refractivity contribution in [1.82, 2.24) is 10.2 Å². The van der Waals surface area contributed by atoms with Gasteiger partial charge in [-0.2, -0.15) is 0 Å². The maximum Gasteiger partial charge on any atom is 0.573 e. The summed E-state index contributed by atoms with van der Waals surface area (Å²) in [7, 11) is -2.33. The van der Waals surface area contributed by atoms with Crippen molar-refractivity contribution in [3.8, 4) is 5.75 Å². The summed E-state index contributed by atoms with van der Waals surface area (Å²) in [4.78, 5) is 14.1. The SMILES string of the molecule is CN(Cc1ccccc1OC(F)(F)F)C(=O)C1(S(C)(=O)=O)CCNCC1.Cl. The zero-order valence-electron chi connectivity index (χ0n) is 14.9. The van der Waals surface area contributed by atoms with Crippen LogP contribution >= 0.6 is 12.4 Å². The Bertz CT molecular complexity index is 765. The molecule has 6 nitrogen and oxygen atoms in total. The molecule has 0 radical (unpaired) electrons. The fraction of sp³-hybridized carbons (Fsp3) is 0.562. The van der Waals surface area contributed by atoms with Crippen LogP contribution in [0, 0.1) is 0 Å². The number of amides is 1. The van der Waals surface area contributed by atoms with Crippen molar-refractivity contribution in [3.63, 3.8) is 0 Å². The average molecular weight is 431 g/mol. The van der Waals surface area contributed by atoms with Gasteiger partial charge in [-0.25, -0.2) is 8.42 Å². The van der Waals surface area contributed by atoms with E-state index in [1.54, 1.807) is 0 Å². The minimum Gasteiger partial charge on any atom is -0.405 e. The van der Waals surface area contributed by atoms with E-state index in [-0.39, 0.29) is 37.4 Å². The first kappa shape index (κ1) is 23.5. The van der Waals surface area contributed by atoms with Crippen LogP contribution in [0.25, 0.3) is 0 Å². The van der Waals surface area contributed by atoms with Gasteiger partial charge in [-0.05, 0) is 32.0 Å². The van der Waals surface area contributed by atoms with Crippen LogP contribution in [0.2, 0.25) is 0 Å². The fourth-order valence-corrected chi connectivity index (χ4v) is 4.53. The molecule has 0 spiro atoms. The van der Waals surface area contributed by atoms with E-state index in [0.29, 0.717) is 13.1 Å². The number of halogens is 4. The topological polar surface area (TPSA) is 75.7 Å². The van der Waals surface area contributed by atoms with Crippen LogP contribution in [-0.2, 0) is 21.2 Å². The predicted molar refractivity (Wildman–Crippen MR) is 96.5 cm³/mol. The molecule has 1 aromatic rings. The van der Waals surface area contributed by atoms with Crippen molar-refractivity contribution < 1.29 is 31.1 Å². The highest BCUT2D eigenvalue weighted by Crippen LogP contribution is 2.32. The lowest BCUT2D eigenvalue weighted by atomic mass is 9.95. The van der Waals surface area contributed by atoms with Gasteiger partial charge in [0.2, 0.25) is 5.91 Å². The summed E-state index contributed by atoms with van der Waals surface area (Å²) < 4.78 is 64.7. The van der Waals surface area contributed by atoms with E-state index in [1.165, 1.54) is 25.2 Å². The lowest BCUT2D eigenvalue weighted by Crippen LogP contribution is -2.57. The minimum absolute atomic E-state index is 0. The number of para-hydroxylation sites is 1. The van der Waals surface area contributed by atoms with Gasteiger partial charge in [0.1, 0.15) is 5.75 Å². The van der Waals surface area contributed by atoms with Crippen LogP contribution in [0.3, 0.4) is 0 Å². The van der Waals surface area contributed by atoms with E-state index >= 15 is 0 Å². The Morgan fingerprint density at radius 2 is 1.81 bits per heavy atom. The molecule has 1 N–H and O–H groups in total. The van der Waals surface area contributed by atoms with Gasteiger partial charge in [0.25, 0.3) is 0 Å². The third-order valence-electron chi connectivity index (χ3n) is 4.46. The quantitative estimate of drug-likeness (QED) is 0.774. The van der Waals surface area contributed by atoms with Crippen LogP contribution in [0.4, 0.5) is 13.2 Å². The second-order valence-corrected chi connectivity index (χ2v) is 8.66.